The second kappa shape index (κ2) is 22.7. The maximum atomic E-state index is 5.14. The zero-order chi connectivity index (χ0) is 63.0. The van der Waals surface area contributed by atoms with Gasteiger partial charge in [-0.15, -0.1) is 0 Å². The van der Waals surface area contributed by atoms with E-state index < -0.39 is 5.41 Å². The Balaban J connectivity index is 0.000000143. The third-order valence-electron chi connectivity index (χ3n) is 19.5. The van der Waals surface area contributed by atoms with Crippen molar-refractivity contribution in [1.82, 2.24) is 24.5 Å². The summed E-state index contributed by atoms with van der Waals surface area (Å²) in [5.74, 6) is 0. The van der Waals surface area contributed by atoms with Crippen molar-refractivity contribution in [1.29, 1.82) is 0 Å². The van der Waals surface area contributed by atoms with E-state index in [0.29, 0.717) is 0 Å². The second-order valence-electron chi connectivity index (χ2n) is 24.9. The molecule has 0 unspecified atom stereocenters. The molecule has 0 spiro atoms. The van der Waals surface area contributed by atoms with Crippen LogP contribution in [-0.2, 0) is 5.41 Å². The van der Waals surface area contributed by atoms with Gasteiger partial charge in [-0.3, -0.25) is 9.97 Å². The van der Waals surface area contributed by atoms with Gasteiger partial charge in [-0.2, -0.15) is 0 Å². The van der Waals surface area contributed by atoms with Crippen LogP contribution in [0.2, 0.25) is 0 Å². The predicted octanol–water partition coefficient (Wildman–Crippen LogP) is 22.9. The lowest BCUT2D eigenvalue weighted by Gasteiger charge is -2.37. The van der Waals surface area contributed by atoms with E-state index in [1.54, 1.807) is 0 Å². The quantitative estimate of drug-likeness (QED) is 0.107. The van der Waals surface area contributed by atoms with Gasteiger partial charge in [0.05, 0.1) is 49.9 Å². The third kappa shape index (κ3) is 9.30. The summed E-state index contributed by atoms with van der Waals surface area (Å²) in [6.07, 6.45) is 3.67. The van der Waals surface area contributed by atoms with Crippen molar-refractivity contribution >= 4 is 97.7 Å². The molecule has 14 aromatic carbocycles. The molecule has 0 aliphatic rings. The van der Waals surface area contributed by atoms with Crippen LogP contribution in [0.4, 0.5) is 0 Å². The summed E-state index contributed by atoms with van der Waals surface area (Å²) in [5.41, 5.74) is 21.7. The summed E-state index contributed by atoms with van der Waals surface area (Å²) in [5, 5.41) is 14.8. The highest BCUT2D eigenvalue weighted by molar-refractivity contribution is 6.27. The SMILES string of the molecule is Cc1ccc(-c2ccc3ccc4c(-c5ccc(-n6c7ccccc7c7ccccc76)cc5)ccc5ccc2c3c54)cc1.c1ccc(C(c2ccccc2)(c2ccc(-c3ccc4ccc5cccnc5c4n3)cc2)c2ccc(-c3ccc4ccc5cccnc5c4n3)cc2)cc1. The van der Waals surface area contributed by atoms with Crippen molar-refractivity contribution in [3.05, 3.63) is 368 Å². The van der Waals surface area contributed by atoms with Crippen LogP contribution in [0.1, 0.15) is 27.8 Å². The molecule has 5 aromatic heterocycles. The van der Waals surface area contributed by atoms with Crippen molar-refractivity contribution in [2.75, 3.05) is 0 Å². The molecule has 5 nitrogen and oxygen atoms in total. The van der Waals surface area contributed by atoms with Crippen LogP contribution >= 0.6 is 0 Å². The number of para-hydroxylation sites is 2. The average Bonchev–Trinajstić information content (AvgIpc) is 1.19. The number of hydrogen-bond acceptors (Lipinski definition) is 4. The molecule has 0 N–H and O–H groups in total. The molecule has 5 heterocycles. The van der Waals surface area contributed by atoms with E-state index in [-0.39, 0.29) is 0 Å². The van der Waals surface area contributed by atoms with Crippen LogP contribution < -0.4 is 0 Å². The summed E-state index contributed by atoms with van der Waals surface area (Å²) < 4.78 is 2.38. The van der Waals surface area contributed by atoms with E-state index in [2.05, 4.69) is 337 Å². The van der Waals surface area contributed by atoms with Crippen molar-refractivity contribution in [2.24, 2.45) is 0 Å². The first kappa shape index (κ1) is 55.4. The smallest absolute Gasteiger partial charge is 0.0972 e. The Morgan fingerprint density at radius 2 is 0.632 bits per heavy atom. The summed E-state index contributed by atoms with van der Waals surface area (Å²) in [4.78, 5) is 19.6. The highest BCUT2D eigenvalue weighted by Crippen LogP contribution is 2.47. The minimum atomic E-state index is -0.590. The van der Waals surface area contributed by atoms with E-state index >= 15 is 0 Å². The number of hydrogen-bond donors (Lipinski definition) is 0. The fourth-order valence-electron chi connectivity index (χ4n) is 15.0. The van der Waals surface area contributed by atoms with Crippen LogP contribution in [0.5, 0.6) is 0 Å². The zero-order valence-electron chi connectivity index (χ0n) is 52.1. The number of fused-ring (bicyclic) bond motifs is 9. The van der Waals surface area contributed by atoms with E-state index in [0.717, 1.165) is 66.1 Å². The molecular formula is C90H59N5. The molecule has 0 aliphatic heterocycles. The standard InChI is InChI=1S/C49H32N4.C41H27N/c1-3-11-39(12-4-1)49(40-13-5-2-6-14-40,41-25-19-33(20-26-41)43-29-23-37-17-15-35-9-7-31-50-45(35)47(37)52-43)42-27-21-34(22-28-42)44-30-24-38-18-16-36-10-8-32-51-46(36)48(38)53-44;1-26-10-12-27(13-11-26)32-22-16-29-19-25-37-33(23-17-30-18-24-36(32)40(29)41(30)37)28-14-20-31(21-15-28)42-38-8-4-2-6-34(38)35-7-3-5-9-39(35)42/h1-32H;2-25H,1H3. The maximum absolute atomic E-state index is 5.14. The molecule has 0 atom stereocenters. The Hall–Kier alpha value is -12.4. The number of nitrogens with zero attached hydrogens (tertiary/aromatic N) is 5. The zero-order valence-corrected chi connectivity index (χ0v) is 52.1. The molecule has 19 rings (SSSR count). The van der Waals surface area contributed by atoms with Gasteiger partial charge in [0.2, 0.25) is 0 Å². The summed E-state index contributed by atoms with van der Waals surface area (Å²) in [6.45, 7) is 2.14. The molecule has 19 aromatic rings. The molecule has 444 valence electrons. The molecule has 0 saturated heterocycles. The molecule has 0 bridgehead atoms. The topological polar surface area (TPSA) is 56.5 Å². The highest BCUT2D eigenvalue weighted by Gasteiger charge is 2.38. The van der Waals surface area contributed by atoms with Crippen LogP contribution in [0, 0.1) is 6.92 Å². The Labute approximate surface area is 549 Å². The lowest BCUT2D eigenvalue weighted by molar-refractivity contribution is 0.745. The molecule has 0 fully saturated rings. The Morgan fingerprint density at radius 1 is 0.263 bits per heavy atom. The minimum Gasteiger partial charge on any atom is -0.309 e. The lowest BCUT2D eigenvalue weighted by Crippen LogP contribution is -2.31. The maximum Gasteiger partial charge on any atom is 0.0972 e. The van der Waals surface area contributed by atoms with Gasteiger partial charge >= 0.3 is 0 Å². The first-order valence-electron chi connectivity index (χ1n) is 32.5. The monoisotopic (exact) mass is 1210 g/mol. The molecule has 95 heavy (non-hydrogen) atoms. The van der Waals surface area contributed by atoms with Gasteiger partial charge < -0.3 is 4.57 Å². The number of rotatable bonds is 9. The summed E-state index contributed by atoms with van der Waals surface area (Å²) >= 11 is 0. The van der Waals surface area contributed by atoms with Gasteiger partial charge in [-0.05, 0) is 132 Å². The van der Waals surface area contributed by atoms with Gasteiger partial charge in [-0.25, -0.2) is 9.97 Å². The van der Waals surface area contributed by atoms with Crippen LogP contribution in [0.15, 0.2) is 340 Å². The third-order valence-corrected chi connectivity index (χ3v) is 19.5. The Bertz CT molecular complexity index is 5860. The fraction of sp³-hybridized carbons (Fsp3) is 0.0222. The molecule has 0 aliphatic carbocycles. The van der Waals surface area contributed by atoms with Crippen molar-refractivity contribution in [2.45, 2.75) is 12.3 Å². The lowest BCUT2D eigenvalue weighted by atomic mass is 9.65. The predicted molar refractivity (Wildman–Crippen MR) is 397 cm³/mol. The molecule has 5 heteroatoms. The second-order valence-corrected chi connectivity index (χ2v) is 24.9. The van der Waals surface area contributed by atoms with Crippen molar-refractivity contribution in [3.8, 4) is 50.5 Å². The number of benzene rings is 14. The number of aryl methyl sites for hydroxylation is 1. The summed E-state index contributed by atoms with van der Waals surface area (Å²) in [7, 11) is 0. The van der Waals surface area contributed by atoms with Crippen LogP contribution in [-0.4, -0.2) is 24.5 Å². The van der Waals surface area contributed by atoms with Gasteiger partial charge in [-0.1, -0.05) is 285 Å². The van der Waals surface area contributed by atoms with E-state index in [9.17, 15) is 0 Å². The normalized spacial score (nSPS) is 11.8. The molecule has 0 saturated carbocycles. The highest BCUT2D eigenvalue weighted by atomic mass is 15.0. The van der Waals surface area contributed by atoms with Crippen molar-refractivity contribution < 1.29 is 0 Å². The van der Waals surface area contributed by atoms with Gasteiger partial charge in [0.25, 0.3) is 0 Å². The Morgan fingerprint density at radius 3 is 1.09 bits per heavy atom. The van der Waals surface area contributed by atoms with Gasteiger partial charge in [0.1, 0.15) is 0 Å². The largest absolute Gasteiger partial charge is 0.309 e. The van der Waals surface area contributed by atoms with E-state index in [1.807, 2.05) is 24.5 Å². The Kier molecular flexibility index (Phi) is 13.3. The molecular weight excluding hydrogens is 1150 g/mol. The van der Waals surface area contributed by atoms with Crippen molar-refractivity contribution in [3.63, 3.8) is 0 Å². The van der Waals surface area contributed by atoms with E-state index in [1.165, 1.54) is 110 Å². The molecule has 0 amide bonds. The first-order valence-corrected chi connectivity index (χ1v) is 32.5. The summed E-state index contributed by atoms with van der Waals surface area (Å²) in [6, 6.07) is 118. The van der Waals surface area contributed by atoms with Gasteiger partial charge in [0, 0.05) is 61.5 Å². The molecule has 0 radical (unpaired) electrons. The first-order chi connectivity index (χ1) is 47.0. The van der Waals surface area contributed by atoms with Crippen LogP contribution in [0.3, 0.4) is 0 Å². The van der Waals surface area contributed by atoms with Gasteiger partial charge in [0.15, 0.2) is 0 Å². The average molecular weight is 1210 g/mol. The number of aromatic nitrogens is 5. The fourth-order valence-corrected chi connectivity index (χ4v) is 15.0. The minimum absolute atomic E-state index is 0.590. The van der Waals surface area contributed by atoms with E-state index in [4.69, 9.17) is 9.97 Å². The van der Waals surface area contributed by atoms with Crippen LogP contribution in [0.25, 0.3) is 148 Å². The number of pyridine rings is 4.